The second-order valence-electron chi connectivity index (χ2n) is 6.49. The van der Waals surface area contributed by atoms with Crippen molar-refractivity contribution in [3.8, 4) is 0 Å². The molecule has 1 fully saturated rings. The first kappa shape index (κ1) is 17.6. The average Bonchev–Trinajstić information content (AvgIpc) is 3.08. The minimum Gasteiger partial charge on any atom is -0.383 e. The number of anilines is 2. The van der Waals surface area contributed by atoms with Crippen molar-refractivity contribution in [3.05, 3.63) is 30.2 Å². The number of hydrogen-bond donors (Lipinski definition) is 0. The van der Waals surface area contributed by atoms with E-state index in [2.05, 4.69) is 24.4 Å². The van der Waals surface area contributed by atoms with E-state index in [1.807, 2.05) is 12.4 Å². The number of rotatable bonds is 6. The van der Waals surface area contributed by atoms with Gasteiger partial charge in [-0.25, -0.2) is 14.4 Å². The summed E-state index contributed by atoms with van der Waals surface area (Å²) in [6, 6.07) is 0. The van der Waals surface area contributed by atoms with Gasteiger partial charge >= 0.3 is 0 Å². The smallest absolute Gasteiger partial charge is 0.227 e. The Morgan fingerprint density at radius 3 is 2.96 bits per heavy atom. The second kappa shape index (κ2) is 7.77. The van der Waals surface area contributed by atoms with Crippen LogP contribution in [0, 0.1) is 5.82 Å². The lowest BCUT2D eigenvalue weighted by Gasteiger charge is -2.33. The van der Waals surface area contributed by atoms with Crippen molar-refractivity contribution >= 4 is 11.8 Å². The van der Waals surface area contributed by atoms with Crippen molar-refractivity contribution in [2.24, 2.45) is 0 Å². The molecule has 1 saturated heterocycles. The molecule has 0 spiro atoms. The van der Waals surface area contributed by atoms with Crippen LogP contribution in [0.4, 0.5) is 16.2 Å². The van der Waals surface area contributed by atoms with E-state index in [-0.39, 0.29) is 0 Å². The number of imidazole rings is 1. The SMILES string of the molecule is COCCn1ccnc1C1CCCN(c2ncc(F)c(N(C)C)n2)C1. The van der Waals surface area contributed by atoms with Crippen molar-refractivity contribution in [1.82, 2.24) is 19.5 Å². The second-order valence-corrected chi connectivity index (χ2v) is 6.49. The fourth-order valence-corrected chi connectivity index (χ4v) is 3.24. The summed E-state index contributed by atoms with van der Waals surface area (Å²) < 4.78 is 21.2. The van der Waals surface area contributed by atoms with Gasteiger partial charge in [0.2, 0.25) is 5.95 Å². The Balaban J connectivity index is 1.78. The number of piperidine rings is 1. The van der Waals surface area contributed by atoms with E-state index in [0.29, 0.717) is 24.3 Å². The van der Waals surface area contributed by atoms with Crippen molar-refractivity contribution in [1.29, 1.82) is 0 Å². The molecule has 0 radical (unpaired) electrons. The molecule has 0 aliphatic carbocycles. The number of halogens is 1. The fraction of sp³-hybridized carbons (Fsp3) is 0.588. The Hall–Kier alpha value is -2.22. The molecule has 3 heterocycles. The third-order valence-corrected chi connectivity index (χ3v) is 4.49. The fourth-order valence-electron chi connectivity index (χ4n) is 3.24. The Morgan fingerprint density at radius 1 is 1.36 bits per heavy atom. The monoisotopic (exact) mass is 348 g/mol. The first-order valence-corrected chi connectivity index (χ1v) is 8.55. The molecular weight excluding hydrogens is 323 g/mol. The van der Waals surface area contributed by atoms with Gasteiger partial charge in [-0.3, -0.25) is 0 Å². The molecule has 1 unspecified atom stereocenters. The van der Waals surface area contributed by atoms with E-state index >= 15 is 0 Å². The van der Waals surface area contributed by atoms with Crippen LogP contribution >= 0.6 is 0 Å². The number of aromatic nitrogens is 4. The number of hydrogen-bond acceptors (Lipinski definition) is 6. The Bertz CT molecular complexity index is 704. The lowest BCUT2D eigenvalue weighted by Crippen LogP contribution is -2.37. The molecular formula is C17H25FN6O. The minimum atomic E-state index is -0.405. The molecule has 25 heavy (non-hydrogen) atoms. The average molecular weight is 348 g/mol. The molecule has 0 aromatic carbocycles. The van der Waals surface area contributed by atoms with Crippen LogP contribution in [0.3, 0.4) is 0 Å². The van der Waals surface area contributed by atoms with Crippen molar-refractivity contribution in [3.63, 3.8) is 0 Å². The lowest BCUT2D eigenvalue weighted by molar-refractivity contribution is 0.185. The first-order chi connectivity index (χ1) is 12.1. The largest absolute Gasteiger partial charge is 0.383 e. The van der Waals surface area contributed by atoms with Crippen LogP contribution in [0.2, 0.25) is 0 Å². The first-order valence-electron chi connectivity index (χ1n) is 8.55. The quantitative estimate of drug-likeness (QED) is 0.795. The molecule has 1 aliphatic heterocycles. The molecule has 2 aromatic heterocycles. The number of ether oxygens (including phenoxy) is 1. The van der Waals surface area contributed by atoms with Crippen LogP contribution < -0.4 is 9.80 Å². The van der Waals surface area contributed by atoms with Crippen LogP contribution in [0.15, 0.2) is 18.6 Å². The van der Waals surface area contributed by atoms with Crippen molar-refractivity contribution in [2.45, 2.75) is 25.3 Å². The lowest BCUT2D eigenvalue weighted by atomic mass is 9.97. The third-order valence-electron chi connectivity index (χ3n) is 4.49. The zero-order chi connectivity index (χ0) is 17.8. The van der Waals surface area contributed by atoms with Gasteiger partial charge in [-0.05, 0) is 12.8 Å². The van der Waals surface area contributed by atoms with Gasteiger partial charge in [0.25, 0.3) is 0 Å². The molecule has 1 atom stereocenters. The molecule has 0 saturated carbocycles. The molecule has 8 heteroatoms. The maximum Gasteiger partial charge on any atom is 0.227 e. The summed E-state index contributed by atoms with van der Waals surface area (Å²) in [6.45, 7) is 3.10. The summed E-state index contributed by atoms with van der Waals surface area (Å²) in [5, 5.41) is 0. The topological polar surface area (TPSA) is 59.3 Å². The van der Waals surface area contributed by atoms with Gasteiger partial charge in [0.05, 0.1) is 12.8 Å². The zero-order valence-electron chi connectivity index (χ0n) is 15.0. The van der Waals surface area contributed by atoms with Crippen molar-refractivity contribution in [2.75, 3.05) is 50.7 Å². The van der Waals surface area contributed by atoms with Crippen molar-refractivity contribution < 1.29 is 9.13 Å². The third kappa shape index (κ3) is 3.89. The highest BCUT2D eigenvalue weighted by Crippen LogP contribution is 2.28. The molecule has 0 amide bonds. The molecule has 3 rings (SSSR count). The number of methoxy groups -OCH3 is 1. The summed E-state index contributed by atoms with van der Waals surface area (Å²) in [7, 11) is 5.26. The van der Waals surface area contributed by atoms with Gasteiger partial charge in [0.1, 0.15) is 5.82 Å². The maximum atomic E-state index is 13.8. The molecule has 0 bridgehead atoms. The highest BCUT2D eigenvalue weighted by Gasteiger charge is 2.26. The van der Waals surface area contributed by atoms with Gasteiger partial charge in [-0.2, -0.15) is 4.98 Å². The van der Waals surface area contributed by atoms with Gasteiger partial charge in [0.15, 0.2) is 11.6 Å². The molecule has 136 valence electrons. The maximum absolute atomic E-state index is 13.8. The van der Waals surface area contributed by atoms with Crippen LogP contribution in [0.5, 0.6) is 0 Å². The normalized spacial score (nSPS) is 17.8. The zero-order valence-corrected chi connectivity index (χ0v) is 15.0. The highest BCUT2D eigenvalue weighted by atomic mass is 19.1. The Kier molecular flexibility index (Phi) is 5.47. The Labute approximate surface area is 147 Å². The summed E-state index contributed by atoms with van der Waals surface area (Å²) in [5.41, 5.74) is 0. The van der Waals surface area contributed by atoms with Gasteiger partial charge in [-0.15, -0.1) is 0 Å². The molecule has 0 N–H and O–H groups in total. The molecule has 2 aromatic rings. The standard InChI is InChI=1S/C17H25FN6O/c1-22(2)16-14(18)11-20-17(21-16)24-7-4-5-13(12-24)15-19-6-8-23(15)9-10-25-3/h6,8,11,13H,4-5,7,9-10,12H2,1-3H3. The van der Waals surface area contributed by atoms with E-state index in [4.69, 9.17) is 4.74 Å². The van der Waals surface area contributed by atoms with Crippen LogP contribution in [0.1, 0.15) is 24.6 Å². The van der Waals surface area contributed by atoms with Gasteiger partial charge in [-0.1, -0.05) is 0 Å². The van der Waals surface area contributed by atoms with E-state index in [1.165, 1.54) is 6.20 Å². The van der Waals surface area contributed by atoms with E-state index < -0.39 is 5.82 Å². The summed E-state index contributed by atoms with van der Waals surface area (Å²) in [5.74, 6) is 1.85. The van der Waals surface area contributed by atoms with Crippen LogP contribution in [-0.4, -0.2) is 60.4 Å². The van der Waals surface area contributed by atoms with Crippen LogP contribution in [-0.2, 0) is 11.3 Å². The minimum absolute atomic E-state index is 0.303. The predicted octanol–water partition coefficient (Wildman–Crippen LogP) is 1.91. The highest BCUT2D eigenvalue weighted by molar-refractivity contribution is 5.44. The summed E-state index contributed by atoms with van der Waals surface area (Å²) >= 11 is 0. The van der Waals surface area contributed by atoms with Gasteiger partial charge in [0, 0.05) is 59.2 Å². The Morgan fingerprint density at radius 2 is 2.20 bits per heavy atom. The van der Waals surface area contributed by atoms with E-state index in [9.17, 15) is 4.39 Å². The summed E-state index contributed by atoms with van der Waals surface area (Å²) in [6.07, 6.45) is 7.18. The molecule has 1 aliphatic rings. The predicted molar refractivity (Wildman–Crippen MR) is 94.6 cm³/mol. The van der Waals surface area contributed by atoms with E-state index in [1.54, 1.807) is 26.1 Å². The number of nitrogens with zero attached hydrogens (tertiary/aromatic N) is 6. The molecule has 7 nitrogen and oxygen atoms in total. The van der Waals surface area contributed by atoms with E-state index in [0.717, 1.165) is 38.3 Å². The van der Waals surface area contributed by atoms with Crippen LogP contribution in [0.25, 0.3) is 0 Å². The summed E-state index contributed by atoms with van der Waals surface area (Å²) in [4.78, 5) is 16.9. The van der Waals surface area contributed by atoms with Gasteiger partial charge < -0.3 is 19.1 Å².